The van der Waals surface area contributed by atoms with Gasteiger partial charge in [0.25, 0.3) is 0 Å². The maximum absolute atomic E-state index is 12.4. The van der Waals surface area contributed by atoms with E-state index in [-0.39, 0.29) is 35.8 Å². The molecule has 2 atom stereocenters. The maximum Gasteiger partial charge on any atom is 0.223 e. The van der Waals surface area contributed by atoms with Gasteiger partial charge in [-0.2, -0.15) is 0 Å². The average molecular weight is 376 g/mol. The molecule has 1 aromatic rings. The van der Waals surface area contributed by atoms with Crippen LogP contribution < -0.4 is 11.1 Å². The summed E-state index contributed by atoms with van der Waals surface area (Å²) in [6.45, 7) is 4.08. The number of nitrogens with one attached hydrogen (secondary N) is 1. The first-order valence-electron chi connectivity index (χ1n) is 7.22. The lowest BCUT2D eigenvalue weighted by molar-refractivity contribution is -0.127. The Labute approximate surface area is 141 Å². The van der Waals surface area contributed by atoms with Crippen molar-refractivity contribution in [3.05, 3.63) is 34.3 Å². The van der Waals surface area contributed by atoms with Crippen molar-refractivity contribution < 1.29 is 4.79 Å². The number of carbonyl (C=O) groups is 1. The summed E-state index contributed by atoms with van der Waals surface area (Å²) in [5.74, 6) is 0.196. The first kappa shape index (κ1) is 18.5. The van der Waals surface area contributed by atoms with Gasteiger partial charge >= 0.3 is 0 Å². The number of hydrogen-bond donors (Lipinski definition) is 2. The number of carbonyl (C=O) groups excluding carboxylic acids is 1. The number of rotatable bonds is 3. The van der Waals surface area contributed by atoms with Crippen LogP contribution in [0.2, 0.25) is 0 Å². The van der Waals surface area contributed by atoms with E-state index in [1.165, 1.54) is 0 Å². The molecule has 2 rings (SSSR count). The molecule has 0 radical (unpaired) electrons. The van der Waals surface area contributed by atoms with Crippen molar-refractivity contribution in [1.82, 2.24) is 5.32 Å². The van der Waals surface area contributed by atoms with Crippen molar-refractivity contribution >= 4 is 34.2 Å². The smallest absolute Gasteiger partial charge is 0.223 e. The van der Waals surface area contributed by atoms with E-state index >= 15 is 0 Å². The van der Waals surface area contributed by atoms with Gasteiger partial charge in [0.15, 0.2) is 0 Å². The molecule has 5 heteroatoms. The fourth-order valence-electron chi connectivity index (χ4n) is 2.81. The van der Waals surface area contributed by atoms with E-state index in [1.54, 1.807) is 0 Å². The molecule has 21 heavy (non-hydrogen) atoms. The molecule has 0 saturated heterocycles. The molecule has 1 saturated carbocycles. The predicted octanol–water partition coefficient (Wildman–Crippen LogP) is 3.74. The van der Waals surface area contributed by atoms with E-state index in [0.29, 0.717) is 0 Å². The summed E-state index contributed by atoms with van der Waals surface area (Å²) < 4.78 is 1.04. The second kappa shape index (κ2) is 7.61. The Morgan fingerprint density at radius 3 is 2.48 bits per heavy atom. The van der Waals surface area contributed by atoms with Crippen molar-refractivity contribution in [2.24, 2.45) is 11.7 Å². The lowest BCUT2D eigenvalue weighted by Crippen LogP contribution is -2.46. The number of halogens is 2. The molecule has 0 aromatic heterocycles. The molecule has 118 valence electrons. The number of nitrogens with two attached hydrogens (primary N) is 1. The second-order valence-corrected chi connectivity index (χ2v) is 7.16. The van der Waals surface area contributed by atoms with Gasteiger partial charge in [-0.1, -0.05) is 34.5 Å². The SMILES string of the molecule is CC(C)(NC(=O)C1CCCC(N)C1)c1ccc(Br)cc1.Cl. The summed E-state index contributed by atoms with van der Waals surface area (Å²) >= 11 is 3.43. The monoisotopic (exact) mass is 374 g/mol. The molecular weight excluding hydrogens is 352 g/mol. The standard InChI is InChI=1S/C16H23BrN2O.ClH/c1-16(2,12-6-8-13(17)9-7-12)19-15(20)11-4-3-5-14(18)10-11;/h6-9,11,14H,3-5,10,18H2,1-2H3,(H,19,20);1H. The third-order valence-electron chi connectivity index (χ3n) is 4.09. The Balaban J connectivity index is 0.00000220. The molecule has 0 bridgehead atoms. The van der Waals surface area contributed by atoms with Gasteiger partial charge in [0.1, 0.15) is 0 Å². The first-order valence-corrected chi connectivity index (χ1v) is 8.01. The summed E-state index contributed by atoms with van der Waals surface area (Å²) in [5.41, 5.74) is 6.71. The Hall–Kier alpha value is -0.580. The first-order chi connectivity index (χ1) is 9.38. The fraction of sp³-hybridized carbons (Fsp3) is 0.562. The zero-order chi connectivity index (χ0) is 14.8. The molecule has 3 N–H and O–H groups in total. The summed E-state index contributed by atoms with van der Waals surface area (Å²) in [6, 6.07) is 8.25. The van der Waals surface area contributed by atoms with Gasteiger partial charge in [0, 0.05) is 16.4 Å². The topological polar surface area (TPSA) is 55.1 Å². The number of benzene rings is 1. The Kier molecular flexibility index (Phi) is 6.70. The molecular formula is C16H24BrClN2O. The Morgan fingerprint density at radius 1 is 1.29 bits per heavy atom. The van der Waals surface area contributed by atoms with E-state index in [2.05, 4.69) is 21.2 Å². The van der Waals surface area contributed by atoms with Crippen LogP contribution >= 0.6 is 28.3 Å². The normalized spacial score (nSPS) is 22.3. The van der Waals surface area contributed by atoms with Crippen LogP contribution in [0.15, 0.2) is 28.7 Å². The zero-order valence-corrected chi connectivity index (χ0v) is 15.0. The van der Waals surface area contributed by atoms with Crippen molar-refractivity contribution in [2.75, 3.05) is 0 Å². The molecule has 2 unspecified atom stereocenters. The highest BCUT2D eigenvalue weighted by Crippen LogP contribution is 2.26. The summed E-state index contributed by atoms with van der Waals surface area (Å²) in [4.78, 5) is 12.4. The van der Waals surface area contributed by atoms with Crippen LogP contribution in [0.3, 0.4) is 0 Å². The van der Waals surface area contributed by atoms with Gasteiger partial charge in [-0.15, -0.1) is 12.4 Å². The molecule has 1 aromatic carbocycles. The fourth-order valence-corrected chi connectivity index (χ4v) is 3.08. The van der Waals surface area contributed by atoms with Crippen molar-refractivity contribution in [1.29, 1.82) is 0 Å². The van der Waals surface area contributed by atoms with Crippen LogP contribution in [0.25, 0.3) is 0 Å². The Bertz CT molecular complexity index is 476. The molecule has 1 fully saturated rings. The molecule has 3 nitrogen and oxygen atoms in total. The predicted molar refractivity (Wildman–Crippen MR) is 92.5 cm³/mol. The molecule has 1 amide bonds. The number of amides is 1. The molecule has 0 heterocycles. The van der Waals surface area contributed by atoms with Gasteiger partial charge in [0.05, 0.1) is 5.54 Å². The van der Waals surface area contributed by atoms with Crippen LogP contribution in [-0.2, 0) is 10.3 Å². The van der Waals surface area contributed by atoms with E-state index < -0.39 is 0 Å². The van der Waals surface area contributed by atoms with Gasteiger partial charge < -0.3 is 11.1 Å². The highest BCUT2D eigenvalue weighted by atomic mass is 79.9. The van der Waals surface area contributed by atoms with Gasteiger partial charge in [-0.25, -0.2) is 0 Å². The quantitative estimate of drug-likeness (QED) is 0.845. The minimum atomic E-state index is -0.362. The third kappa shape index (κ3) is 4.97. The third-order valence-corrected chi connectivity index (χ3v) is 4.62. The minimum Gasteiger partial charge on any atom is -0.347 e. The molecule has 0 aliphatic heterocycles. The van der Waals surface area contributed by atoms with Crippen LogP contribution in [0, 0.1) is 5.92 Å². The van der Waals surface area contributed by atoms with E-state index in [9.17, 15) is 4.79 Å². The minimum absolute atomic E-state index is 0. The van der Waals surface area contributed by atoms with Gasteiger partial charge in [-0.3, -0.25) is 4.79 Å². The summed E-state index contributed by atoms with van der Waals surface area (Å²) in [7, 11) is 0. The summed E-state index contributed by atoms with van der Waals surface area (Å²) in [5, 5.41) is 3.17. The van der Waals surface area contributed by atoms with E-state index in [1.807, 2.05) is 38.1 Å². The lowest BCUT2D eigenvalue weighted by Gasteiger charge is -2.32. The maximum atomic E-state index is 12.4. The van der Waals surface area contributed by atoms with Crippen molar-refractivity contribution in [2.45, 2.75) is 51.1 Å². The second-order valence-electron chi connectivity index (χ2n) is 6.24. The Morgan fingerprint density at radius 2 is 1.90 bits per heavy atom. The highest BCUT2D eigenvalue weighted by Gasteiger charge is 2.30. The largest absolute Gasteiger partial charge is 0.347 e. The highest BCUT2D eigenvalue weighted by molar-refractivity contribution is 9.10. The van der Waals surface area contributed by atoms with Gasteiger partial charge in [0.2, 0.25) is 5.91 Å². The lowest BCUT2D eigenvalue weighted by atomic mass is 9.84. The van der Waals surface area contributed by atoms with Crippen LogP contribution in [-0.4, -0.2) is 11.9 Å². The van der Waals surface area contributed by atoms with Gasteiger partial charge in [-0.05, 0) is 50.8 Å². The van der Waals surface area contributed by atoms with E-state index in [0.717, 1.165) is 35.7 Å². The van der Waals surface area contributed by atoms with Crippen LogP contribution in [0.1, 0.15) is 45.1 Å². The molecule has 1 aliphatic carbocycles. The van der Waals surface area contributed by atoms with E-state index in [4.69, 9.17) is 5.73 Å². The molecule has 0 spiro atoms. The average Bonchev–Trinajstić information content (AvgIpc) is 2.38. The van der Waals surface area contributed by atoms with Crippen LogP contribution in [0.4, 0.5) is 0 Å². The summed E-state index contributed by atoms with van der Waals surface area (Å²) in [6.07, 6.45) is 3.86. The van der Waals surface area contributed by atoms with Crippen molar-refractivity contribution in [3.8, 4) is 0 Å². The number of hydrogen-bond acceptors (Lipinski definition) is 2. The van der Waals surface area contributed by atoms with Crippen LogP contribution in [0.5, 0.6) is 0 Å². The molecule has 1 aliphatic rings. The van der Waals surface area contributed by atoms with Crippen molar-refractivity contribution in [3.63, 3.8) is 0 Å². The zero-order valence-electron chi connectivity index (χ0n) is 12.6.